The number of rotatable bonds is 4. The van der Waals surface area contributed by atoms with Crippen LogP contribution in [0.15, 0.2) is 42.7 Å². The first-order valence-electron chi connectivity index (χ1n) is 8.32. The summed E-state index contributed by atoms with van der Waals surface area (Å²) in [6, 6.07) is 10.0. The van der Waals surface area contributed by atoms with Crippen molar-refractivity contribution in [3.63, 3.8) is 0 Å². The standard InChI is InChI=1S/C18H20N6O/c1-23(18(25)14-9-21-24-8-7-19-11-16(14)24)12-17-20-10-15(22-17)13-5-3-2-4-6-13/h2-6,9-10,19H,7-8,11-12H2,1H3,(H,20,22). The molecule has 7 heteroatoms. The maximum absolute atomic E-state index is 12.8. The summed E-state index contributed by atoms with van der Waals surface area (Å²) in [6.07, 6.45) is 3.47. The van der Waals surface area contributed by atoms with E-state index in [1.165, 1.54) is 0 Å². The van der Waals surface area contributed by atoms with Crippen LogP contribution in [0.4, 0.5) is 0 Å². The van der Waals surface area contributed by atoms with Crippen LogP contribution in [0.2, 0.25) is 0 Å². The van der Waals surface area contributed by atoms with Gasteiger partial charge in [0.05, 0.1) is 42.4 Å². The van der Waals surface area contributed by atoms with Gasteiger partial charge in [-0.25, -0.2) is 4.98 Å². The fourth-order valence-electron chi connectivity index (χ4n) is 3.07. The summed E-state index contributed by atoms with van der Waals surface area (Å²) in [5.41, 5.74) is 3.63. The normalized spacial score (nSPS) is 13.5. The largest absolute Gasteiger partial charge is 0.341 e. The third-order valence-corrected chi connectivity index (χ3v) is 4.42. The second-order valence-corrected chi connectivity index (χ2v) is 6.18. The Kier molecular flexibility index (Phi) is 4.07. The fraction of sp³-hybridized carbons (Fsp3) is 0.278. The first-order valence-corrected chi connectivity index (χ1v) is 8.32. The zero-order chi connectivity index (χ0) is 17.2. The molecular formula is C18H20N6O. The summed E-state index contributed by atoms with van der Waals surface area (Å²) >= 11 is 0. The molecule has 0 atom stereocenters. The quantitative estimate of drug-likeness (QED) is 0.759. The average Bonchev–Trinajstić information content (AvgIpc) is 3.29. The molecule has 0 fully saturated rings. The van der Waals surface area contributed by atoms with Crippen LogP contribution >= 0.6 is 0 Å². The van der Waals surface area contributed by atoms with E-state index in [1.807, 2.05) is 35.0 Å². The molecule has 7 nitrogen and oxygen atoms in total. The number of carbonyl (C=O) groups is 1. The van der Waals surface area contributed by atoms with Gasteiger partial charge in [0.1, 0.15) is 5.82 Å². The average molecular weight is 336 g/mol. The maximum atomic E-state index is 12.8. The Bertz CT molecular complexity index is 882. The minimum atomic E-state index is -0.0392. The molecule has 128 valence electrons. The summed E-state index contributed by atoms with van der Waals surface area (Å²) in [5.74, 6) is 0.719. The Morgan fingerprint density at radius 2 is 2.12 bits per heavy atom. The van der Waals surface area contributed by atoms with E-state index in [4.69, 9.17) is 0 Å². The molecule has 0 radical (unpaired) electrons. The van der Waals surface area contributed by atoms with Gasteiger partial charge < -0.3 is 15.2 Å². The molecule has 0 saturated heterocycles. The molecule has 0 aliphatic carbocycles. The highest BCUT2D eigenvalue weighted by atomic mass is 16.2. The minimum Gasteiger partial charge on any atom is -0.341 e. The monoisotopic (exact) mass is 336 g/mol. The van der Waals surface area contributed by atoms with Gasteiger partial charge in [0, 0.05) is 20.1 Å². The Hall–Kier alpha value is -2.93. The van der Waals surface area contributed by atoms with Crippen LogP contribution in [-0.4, -0.2) is 44.1 Å². The van der Waals surface area contributed by atoms with E-state index < -0.39 is 0 Å². The van der Waals surface area contributed by atoms with Gasteiger partial charge in [0.15, 0.2) is 0 Å². The number of fused-ring (bicyclic) bond motifs is 1. The van der Waals surface area contributed by atoms with E-state index in [2.05, 4.69) is 20.4 Å². The van der Waals surface area contributed by atoms with Gasteiger partial charge in [-0.1, -0.05) is 30.3 Å². The third kappa shape index (κ3) is 3.06. The Labute approximate surface area is 145 Å². The number of H-pyrrole nitrogens is 1. The molecule has 2 N–H and O–H groups in total. The number of nitrogens with one attached hydrogen (secondary N) is 2. The first kappa shape index (κ1) is 15.6. The zero-order valence-corrected chi connectivity index (χ0v) is 14.1. The predicted molar refractivity (Wildman–Crippen MR) is 93.8 cm³/mol. The van der Waals surface area contributed by atoms with Crippen LogP contribution in [0.1, 0.15) is 21.9 Å². The minimum absolute atomic E-state index is 0.0392. The third-order valence-electron chi connectivity index (χ3n) is 4.42. The van der Waals surface area contributed by atoms with Crippen molar-refractivity contribution in [2.24, 2.45) is 0 Å². The molecule has 3 heterocycles. The van der Waals surface area contributed by atoms with Crippen molar-refractivity contribution in [2.45, 2.75) is 19.6 Å². The van der Waals surface area contributed by atoms with Crippen molar-refractivity contribution in [3.05, 3.63) is 59.8 Å². The van der Waals surface area contributed by atoms with Crippen molar-refractivity contribution in [1.29, 1.82) is 0 Å². The molecule has 3 aromatic rings. The molecule has 25 heavy (non-hydrogen) atoms. The van der Waals surface area contributed by atoms with Crippen molar-refractivity contribution >= 4 is 5.91 Å². The predicted octanol–water partition coefficient (Wildman–Crippen LogP) is 1.65. The zero-order valence-electron chi connectivity index (χ0n) is 14.1. The van der Waals surface area contributed by atoms with E-state index in [-0.39, 0.29) is 5.91 Å². The molecule has 4 rings (SSSR count). The number of nitrogens with zero attached hydrogens (tertiary/aromatic N) is 4. The Morgan fingerprint density at radius 3 is 2.96 bits per heavy atom. The molecule has 1 amide bonds. The molecule has 0 bridgehead atoms. The second kappa shape index (κ2) is 6.52. The summed E-state index contributed by atoms with van der Waals surface area (Å²) < 4.78 is 1.90. The number of hydrogen-bond donors (Lipinski definition) is 2. The maximum Gasteiger partial charge on any atom is 0.257 e. The summed E-state index contributed by atoms with van der Waals surface area (Å²) in [4.78, 5) is 22.1. The van der Waals surface area contributed by atoms with Crippen LogP contribution in [0.25, 0.3) is 11.3 Å². The van der Waals surface area contributed by atoms with Crippen molar-refractivity contribution < 1.29 is 4.79 Å². The molecule has 0 spiro atoms. The van der Waals surface area contributed by atoms with Gasteiger partial charge in [0.2, 0.25) is 0 Å². The highest BCUT2D eigenvalue weighted by Crippen LogP contribution is 2.18. The topological polar surface area (TPSA) is 78.8 Å². The van der Waals surface area contributed by atoms with Gasteiger partial charge >= 0.3 is 0 Å². The van der Waals surface area contributed by atoms with Gasteiger partial charge in [0.25, 0.3) is 5.91 Å². The van der Waals surface area contributed by atoms with Crippen molar-refractivity contribution in [1.82, 2.24) is 30.0 Å². The number of aromatic amines is 1. The SMILES string of the molecule is CN(Cc1ncc(-c2ccccc2)[nH]1)C(=O)c1cnn2c1CNCC2. The first-order chi connectivity index (χ1) is 12.2. The Morgan fingerprint density at radius 1 is 1.28 bits per heavy atom. The number of benzene rings is 1. The molecule has 1 aromatic carbocycles. The van der Waals surface area contributed by atoms with E-state index in [9.17, 15) is 4.79 Å². The summed E-state index contributed by atoms with van der Waals surface area (Å²) in [7, 11) is 1.79. The second-order valence-electron chi connectivity index (χ2n) is 6.18. The lowest BCUT2D eigenvalue weighted by Gasteiger charge is -2.19. The highest BCUT2D eigenvalue weighted by molar-refractivity contribution is 5.95. The lowest BCUT2D eigenvalue weighted by Crippen LogP contribution is -2.32. The van der Waals surface area contributed by atoms with Gasteiger partial charge in [-0.2, -0.15) is 5.10 Å². The van der Waals surface area contributed by atoms with E-state index in [1.54, 1.807) is 24.3 Å². The van der Waals surface area contributed by atoms with Crippen LogP contribution in [0.3, 0.4) is 0 Å². The number of hydrogen-bond acceptors (Lipinski definition) is 4. The smallest absolute Gasteiger partial charge is 0.257 e. The number of aromatic nitrogens is 4. The summed E-state index contributed by atoms with van der Waals surface area (Å²) in [5, 5.41) is 7.60. The van der Waals surface area contributed by atoms with Gasteiger partial charge in [-0.15, -0.1) is 0 Å². The Balaban J connectivity index is 1.49. The molecule has 2 aromatic heterocycles. The number of carbonyl (C=O) groups excluding carboxylic acids is 1. The molecule has 0 saturated carbocycles. The fourth-order valence-corrected chi connectivity index (χ4v) is 3.07. The van der Waals surface area contributed by atoms with E-state index in [0.29, 0.717) is 18.7 Å². The lowest BCUT2D eigenvalue weighted by molar-refractivity contribution is 0.0780. The van der Waals surface area contributed by atoms with Crippen LogP contribution in [0, 0.1) is 0 Å². The molecular weight excluding hydrogens is 316 g/mol. The van der Waals surface area contributed by atoms with Gasteiger partial charge in [-0.05, 0) is 5.56 Å². The summed E-state index contributed by atoms with van der Waals surface area (Å²) in [6.45, 7) is 2.77. The van der Waals surface area contributed by atoms with Crippen LogP contribution in [0.5, 0.6) is 0 Å². The van der Waals surface area contributed by atoms with Crippen LogP contribution in [-0.2, 0) is 19.6 Å². The molecule has 1 aliphatic heterocycles. The molecule has 1 aliphatic rings. The number of amides is 1. The number of imidazole rings is 1. The lowest BCUT2D eigenvalue weighted by atomic mass is 10.2. The highest BCUT2D eigenvalue weighted by Gasteiger charge is 2.22. The van der Waals surface area contributed by atoms with Crippen molar-refractivity contribution in [3.8, 4) is 11.3 Å². The van der Waals surface area contributed by atoms with E-state index >= 15 is 0 Å². The van der Waals surface area contributed by atoms with Crippen molar-refractivity contribution in [2.75, 3.05) is 13.6 Å². The van der Waals surface area contributed by atoms with Gasteiger partial charge in [-0.3, -0.25) is 9.48 Å². The molecule has 0 unspecified atom stereocenters. The van der Waals surface area contributed by atoms with Crippen LogP contribution < -0.4 is 5.32 Å². The van der Waals surface area contributed by atoms with E-state index in [0.717, 1.165) is 35.9 Å².